The number of nitrogens with one attached hydrogen (secondary N) is 1. The topological polar surface area (TPSA) is 133 Å². The molecular weight excluding hydrogens is 468 g/mol. The van der Waals surface area contributed by atoms with Crippen LogP contribution in [0.1, 0.15) is 104 Å². The van der Waals surface area contributed by atoms with Gasteiger partial charge in [-0.3, -0.25) is 4.79 Å². The van der Waals surface area contributed by atoms with E-state index >= 15 is 0 Å². The molecule has 1 amide bonds. The van der Waals surface area contributed by atoms with Crippen LogP contribution >= 0.6 is 0 Å². The Hall–Kier alpha value is -1.18. The predicted molar refractivity (Wildman–Crippen MR) is 143 cm³/mol. The molecule has 4 fully saturated rings. The van der Waals surface area contributed by atoms with Gasteiger partial charge < -0.3 is 26.4 Å². The second-order valence-corrected chi connectivity index (χ2v) is 13.6. The molecule has 0 aliphatic heterocycles. The number of rotatable bonds is 10. The molecule has 4 saturated carbocycles. The molecule has 7 heteroatoms. The monoisotopic (exact) mass is 520 g/mol. The smallest absolute Gasteiger partial charge is 0.326 e. The SMILES string of the molecule is CC(CCC(=O)NC(CCCCN)C(=O)O)C1CCC2C3CCC4CC(O)CCC4(C)C3CC(O)C12C. The van der Waals surface area contributed by atoms with Crippen LogP contribution in [0.25, 0.3) is 0 Å². The number of carbonyl (C=O) groups is 2. The third-order valence-corrected chi connectivity index (χ3v) is 11.9. The van der Waals surface area contributed by atoms with Crippen molar-refractivity contribution in [2.24, 2.45) is 52.1 Å². The Bertz CT molecular complexity index is 822. The van der Waals surface area contributed by atoms with E-state index in [-0.39, 0.29) is 28.9 Å². The van der Waals surface area contributed by atoms with Gasteiger partial charge in [0.25, 0.3) is 0 Å². The van der Waals surface area contributed by atoms with E-state index in [1.807, 2.05) is 0 Å². The summed E-state index contributed by atoms with van der Waals surface area (Å²) in [6.07, 6.45) is 10.8. The predicted octanol–water partition coefficient (Wildman–Crippen LogP) is 4.09. The minimum absolute atomic E-state index is 0.125. The molecule has 0 aromatic rings. The fraction of sp³-hybridized carbons (Fsp3) is 0.933. The molecule has 6 N–H and O–H groups in total. The highest BCUT2D eigenvalue weighted by Gasteiger charge is 2.63. The van der Waals surface area contributed by atoms with Gasteiger partial charge in [0, 0.05) is 6.42 Å². The summed E-state index contributed by atoms with van der Waals surface area (Å²) in [5.74, 6) is 1.78. The summed E-state index contributed by atoms with van der Waals surface area (Å²) < 4.78 is 0. The van der Waals surface area contributed by atoms with Crippen molar-refractivity contribution >= 4 is 11.9 Å². The Morgan fingerprint density at radius 1 is 1.00 bits per heavy atom. The van der Waals surface area contributed by atoms with Crippen LogP contribution in [0.2, 0.25) is 0 Å². The fourth-order valence-corrected chi connectivity index (χ4v) is 9.74. The quantitative estimate of drug-likeness (QED) is 0.276. The maximum Gasteiger partial charge on any atom is 0.326 e. The largest absolute Gasteiger partial charge is 0.480 e. The third-order valence-electron chi connectivity index (χ3n) is 11.9. The molecule has 4 aliphatic rings. The van der Waals surface area contributed by atoms with Crippen molar-refractivity contribution in [3.8, 4) is 0 Å². The maximum atomic E-state index is 12.7. The van der Waals surface area contributed by atoms with Crippen molar-refractivity contribution in [1.82, 2.24) is 5.32 Å². The van der Waals surface area contributed by atoms with E-state index in [9.17, 15) is 24.9 Å². The second kappa shape index (κ2) is 11.5. The standard InChI is InChI=1S/C30H52N2O5/c1-18(7-12-27(35)32-25(28(36)37)6-4-5-15-31)22-10-11-23-21-9-8-19-16-20(33)13-14-29(19,2)24(21)17-26(34)30(22,23)3/h18-26,33-34H,4-17,31H2,1-3H3,(H,32,35)(H,36,37). The van der Waals surface area contributed by atoms with Crippen LogP contribution in [0.4, 0.5) is 0 Å². The first-order chi connectivity index (χ1) is 17.5. The Balaban J connectivity index is 1.37. The van der Waals surface area contributed by atoms with Crippen LogP contribution in [-0.2, 0) is 9.59 Å². The number of fused-ring (bicyclic) bond motifs is 5. The van der Waals surface area contributed by atoms with E-state index in [0.29, 0.717) is 67.7 Å². The van der Waals surface area contributed by atoms with E-state index in [1.165, 1.54) is 12.8 Å². The van der Waals surface area contributed by atoms with Gasteiger partial charge in [0.05, 0.1) is 12.2 Å². The van der Waals surface area contributed by atoms with Crippen molar-refractivity contribution in [2.75, 3.05) is 6.54 Å². The highest BCUT2D eigenvalue weighted by molar-refractivity contribution is 5.83. The number of hydrogen-bond donors (Lipinski definition) is 5. The summed E-state index contributed by atoms with van der Waals surface area (Å²) in [7, 11) is 0. The second-order valence-electron chi connectivity index (χ2n) is 13.6. The average Bonchev–Trinajstić information content (AvgIpc) is 3.22. The van der Waals surface area contributed by atoms with Crippen LogP contribution in [0.3, 0.4) is 0 Å². The summed E-state index contributed by atoms with van der Waals surface area (Å²) in [5.41, 5.74) is 5.62. The van der Waals surface area contributed by atoms with Crippen LogP contribution in [0.5, 0.6) is 0 Å². The van der Waals surface area contributed by atoms with Gasteiger partial charge in [-0.05, 0) is 130 Å². The Morgan fingerprint density at radius 2 is 1.76 bits per heavy atom. The molecule has 0 bridgehead atoms. The number of hydrogen-bond acceptors (Lipinski definition) is 5. The van der Waals surface area contributed by atoms with Gasteiger partial charge >= 0.3 is 5.97 Å². The molecule has 7 nitrogen and oxygen atoms in total. The summed E-state index contributed by atoms with van der Waals surface area (Å²) in [6.45, 7) is 7.52. The maximum absolute atomic E-state index is 12.7. The molecule has 212 valence electrons. The van der Waals surface area contributed by atoms with E-state index in [0.717, 1.165) is 44.9 Å². The van der Waals surface area contributed by atoms with Gasteiger partial charge in [0.15, 0.2) is 0 Å². The number of amides is 1. The number of carbonyl (C=O) groups excluding carboxylic acids is 1. The summed E-state index contributed by atoms with van der Waals surface area (Å²) >= 11 is 0. The van der Waals surface area contributed by atoms with Gasteiger partial charge in [-0.25, -0.2) is 4.79 Å². The number of nitrogens with two attached hydrogens (primary N) is 1. The van der Waals surface area contributed by atoms with Crippen molar-refractivity contribution in [3.05, 3.63) is 0 Å². The number of aliphatic hydroxyl groups excluding tert-OH is 2. The molecule has 11 unspecified atom stereocenters. The zero-order valence-electron chi connectivity index (χ0n) is 23.3. The average molecular weight is 521 g/mol. The molecule has 0 aromatic carbocycles. The van der Waals surface area contributed by atoms with E-state index < -0.39 is 12.0 Å². The lowest BCUT2D eigenvalue weighted by Crippen LogP contribution is -2.58. The lowest BCUT2D eigenvalue weighted by Gasteiger charge is -2.62. The molecule has 37 heavy (non-hydrogen) atoms. The Labute approximate surface area is 223 Å². The van der Waals surface area contributed by atoms with Crippen molar-refractivity contribution in [2.45, 2.75) is 122 Å². The van der Waals surface area contributed by atoms with Crippen LogP contribution in [0.15, 0.2) is 0 Å². The van der Waals surface area contributed by atoms with E-state index in [1.54, 1.807) is 0 Å². The van der Waals surface area contributed by atoms with E-state index in [4.69, 9.17) is 5.73 Å². The minimum atomic E-state index is -0.986. The van der Waals surface area contributed by atoms with Crippen LogP contribution in [0, 0.1) is 46.3 Å². The Morgan fingerprint density at radius 3 is 2.46 bits per heavy atom. The van der Waals surface area contributed by atoms with Gasteiger partial charge in [-0.15, -0.1) is 0 Å². The van der Waals surface area contributed by atoms with Crippen molar-refractivity contribution in [3.63, 3.8) is 0 Å². The molecule has 0 radical (unpaired) electrons. The highest BCUT2D eigenvalue weighted by Crippen LogP contribution is 2.68. The van der Waals surface area contributed by atoms with Crippen molar-refractivity contribution in [1.29, 1.82) is 0 Å². The molecule has 4 aliphatic carbocycles. The normalized spacial score (nSPS) is 42.7. The number of unbranched alkanes of at least 4 members (excludes halogenated alkanes) is 1. The number of aliphatic hydroxyl groups is 2. The molecular formula is C30H52N2O5. The lowest BCUT2D eigenvalue weighted by molar-refractivity contribution is -0.175. The zero-order valence-corrected chi connectivity index (χ0v) is 23.3. The first-order valence-corrected chi connectivity index (χ1v) is 15.1. The first kappa shape index (κ1) is 28.8. The minimum Gasteiger partial charge on any atom is -0.480 e. The third kappa shape index (κ3) is 5.47. The summed E-state index contributed by atoms with van der Waals surface area (Å²) in [6, 6.07) is -0.850. The van der Waals surface area contributed by atoms with Gasteiger partial charge in [-0.2, -0.15) is 0 Å². The fourth-order valence-electron chi connectivity index (χ4n) is 9.74. The molecule has 11 atom stereocenters. The molecule has 0 saturated heterocycles. The molecule has 0 aromatic heterocycles. The van der Waals surface area contributed by atoms with Crippen molar-refractivity contribution < 1.29 is 24.9 Å². The molecule has 4 rings (SSSR count). The summed E-state index contributed by atoms with van der Waals surface area (Å²) in [4.78, 5) is 24.2. The summed E-state index contributed by atoms with van der Waals surface area (Å²) in [5, 5.41) is 34.2. The number of carboxylic acid groups (broad SMARTS) is 1. The molecule has 0 heterocycles. The Kier molecular flexibility index (Phi) is 8.97. The van der Waals surface area contributed by atoms with Gasteiger partial charge in [-0.1, -0.05) is 20.8 Å². The highest BCUT2D eigenvalue weighted by atomic mass is 16.4. The van der Waals surface area contributed by atoms with Crippen LogP contribution < -0.4 is 11.1 Å². The molecule has 0 spiro atoms. The number of aliphatic carboxylic acids is 1. The number of carboxylic acids is 1. The van der Waals surface area contributed by atoms with Crippen LogP contribution in [-0.4, -0.2) is 52.0 Å². The van der Waals surface area contributed by atoms with Gasteiger partial charge in [0.2, 0.25) is 5.91 Å². The zero-order chi connectivity index (χ0) is 27.0. The van der Waals surface area contributed by atoms with E-state index in [2.05, 4.69) is 26.1 Å². The van der Waals surface area contributed by atoms with Gasteiger partial charge in [0.1, 0.15) is 6.04 Å². The lowest BCUT2D eigenvalue weighted by atomic mass is 9.43. The first-order valence-electron chi connectivity index (χ1n) is 15.1.